The quantitative estimate of drug-likeness (QED) is 0.675. The number of ether oxygens (including phenoxy) is 1. The molecule has 0 unspecified atom stereocenters. The molecule has 0 saturated carbocycles. The number of methoxy groups -OCH3 is 1. The molecule has 13 heavy (non-hydrogen) atoms. The fraction of sp³-hybridized carbons (Fsp3) is 0.667. The van der Waals surface area contributed by atoms with Gasteiger partial charge in [0.25, 0.3) is 0 Å². The number of aryl methyl sites for hydroxylation is 2. The number of hydrogen-bond donors (Lipinski definition) is 1. The van der Waals surface area contributed by atoms with Crippen LogP contribution in [0, 0.1) is 0 Å². The molecule has 1 rings (SSSR count). The largest absolute Gasteiger partial charge is 0.385 e. The molecule has 1 heterocycles. The highest BCUT2D eigenvalue weighted by Gasteiger charge is 2.04. The molecule has 4 heteroatoms. The molecular formula is C9H17N3O. The van der Waals surface area contributed by atoms with Crippen molar-refractivity contribution in [3.8, 4) is 0 Å². The van der Waals surface area contributed by atoms with E-state index in [1.54, 1.807) is 7.11 Å². The van der Waals surface area contributed by atoms with Crippen molar-refractivity contribution in [1.82, 2.24) is 9.78 Å². The zero-order valence-corrected chi connectivity index (χ0v) is 8.29. The maximum Gasteiger partial charge on any atom is 0.0670 e. The Morgan fingerprint density at radius 1 is 1.62 bits per heavy atom. The molecule has 74 valence electrons. The van der Waals surface area contributed by atoms with Crippen LogP contribution in [0.3, 0.4) is 0 Å². The maximum absolute atomic E-state index is 5.58. The lowest BCUT2D eigenvalue weighted by Crippen LogP contribution is -2.01. The van der Waals surface area contributed by atoms with Gasteiger partial charge in [0.15, 0.2) is 0 Å². The Morgan fingerprint density at radius 2 is 2.38 bits per heavy atom. The van der Waals surface area contributed by atoms with E-state index in [1.807, 2.05) is 17.9 Å². The summed E-state index contributed by atoms with van der Waals surface area (Å²) in [7, 11) is 3.63. The summed E-state index contributed by atoms with van der Waals surface area (Å²) in [6.07, 6.45) is 3.92. The summed E-state index contributed by atoms with van der Waals surface area (Å²) in [5.41, 5.74) is 7.82. The second kappa shape index (κ2) is 4.99. The van der Waals surface area contributed by atoms with Gasteiger partial charge in [-0.05, 0) is 12.8 Å². The van der Waals surface area contributed by atoms with Gasteiger partial charge < -0.3 is 10.5 Å². The predicted molar refractivity (Wildman–Crippen MR) is 51.3 cm³/mol. The van der Waals surface area contributed by atoms with Crippen LogP contribution in [-0.4, -0.2) is 23.5 Å². The van der Waals surface area contributed by atoms with Crippen LogP contribution in [0.4, 0.5) is 0 Å². The highest BCUT2D eigenvalue weighted by atomic mass is 16.5. The van der Waals surface area contributed by atoms with Crippen LogP contribution in [0.2, 0.25) is 0 Å². The molecule has 0 amide bonds. The van der Waals surface area contributed by atoms with Gasteiger partial charge in [-0.2, -0.15) is 5.10 Å². The van der Waals surface area contributed by atoms with Gasteiger partial charge in [-0.25, -0.2) is 0 Å². The summed E-state index contributed by atoms with van der Waals surface area (Å²) in [6.45, 7) is 1.34. The molecule has 0 atom stereocenters. The van der Waals surface area contributed by atoms with Crippen molar-refractivity contribution in [2.75, 3.05) is 13.7 Å². The van der Waals surface area contributed by atoms with Crippen LogP contribution < -0.4 is 5.73 Å². The lowest BCUT2D eigenvalue weighted by molar-refractivity contribution is 0.195. The summed E-state index contributed by atoms with van der Waals surface area (Å²) in [5, 5.41) is 4.33. The topological polar surface area (TPSA) is 53.1 Å². The average molecular weight is 183 g/mol. The molecule has 4 nitrogen and oxygen atoms in total. The number of aromatic nitrogens is 2. The van der Waals surface area contributed by atoms with Crippen molar-refractivity contribution in [3.05, 3.63) is 17.5 Å². The monoisotopic (exact) mass is 183 g/mol. The third-order valence-corrected chi connectivity index (χ3v) is 1.97. The van der Waals surface area contributed by atoms with Crippen molar-refractivity contribution >= 4 is 0 Å². The molecule has 0 radical (unpaired) electrons. The third kappa shape index (κ3) is 2.82. The lowest BCUT2D eigenvalue weighted by atomic mass is 10.1. The first-order chi connectivity index (χ1) is 6.27. The summed E-state index contributed by atoms with van der Waals surface area (Å²) >= 11 is 0. The fourth-order valence-corrected chi connectivity index (χ4v) is 1.35. The molecule has 0 saturated heterocycles. The van der Waals surface area contributed by atoms with Gasteiger partial charge in [-0.1, -0.05) is 0 Å². The smallest absolute Gasteiger partial charge is 0.0670 e. The van der Waals surface area contributed by atoms with Gasteiger partial charge in [-0.3, -0.25) is 4.68 Å². The van der Waals surface area contributed by atoms with E-state index in [4.69, 9.17) is 10.5 Å². The van der Waals surface area contributed by atoms with E-state index in [0.29, 0.717) is 6.54 Å². The zero-order valence-electron chi connectivity index (χ0n) is 8.29. The molecule has 0 aromatic carbocycles. The van der Waals surface area contributed by atoms with Crippen LogP contribution in [-0.2, 0) is 24.8 Å². The minimum Gasteiger partial charge on any atom is -0.385 e. The van der Waals surface area contributed by atoms with Gasteiger partial charge in [0.2, 0.25) is 0 Å². The molecule has 0 fully saturated rings. The molecule has 0 spiro atoms. The van der Waals surface area contributed by atoms with Crippen LogP contribution in [0.1, 0.15) is 17.7 Å². The Kier molecular flexibility index (Phi) is 3.92. The number of hydrogen-bond acceptors (Lipinski definition) is 3. The lowest BCUT2D eigenvalue weighted by Gasteiger charge is -1.98. The van der Waals surface area contributed by atoms with Gasteiger partial charge in [0.05, 0.1) is 5.69 Å². The van der Waals surface area contributed by atoms with Gasteiger partial charge in [0, 0.05) is 39.1 Å². The minimum atomic E-state index is 0.566. The Hall–Kier alpha value is -0.870. The maximum atomic E-state index is 5.58. The van der Waals surface area contributed by atoms with Crippen molar-refractivity contribution in [1.29, 1.82) is 0 Å². The Morgan fingerprint density at radius 3 is 3.00 bits per heavy atom. The summed E-state index contributed by atoms with van der Waals surface area (Å²) in [4.78, 5) is 0. The first-order valence-electron chi connectivity index (χ1n) is 4.48. The van der Waals surface area contributed by atoms with Gasteiger partial charge in [-0.15, -0.1) is 0 Å². The molecule has 0 bridgehead atoms. The highest BCUT2D eigenvalue weighted by molar-refractivity contribution is 5.16. The molecular weight excluding hydrogens is 166 g/mol. The second-order valence-electron chi connectivity index (χ2n) is 3.08. The predicted octanol–water partition coefficient (Wildman–Crippen LogP) is 0.458. The molecule has 0 aliphatic rings. The standard InChI is InChI=1S/C9H17N3O/c1-12-7-8(6-10)9(11-12)4-3-5-13-2/h7H,3-6,10H2,1-2H3. The second-order valence-corrected chi connectivity index (χ2v) is 3.08. The van der Waals surface area contributed by atoms with Gasteiger partial charge >= 0.3 is 0 Å². The molecule has 1 aromatic rings. The minimum absolute atomic E-state index is 0.566. The van der Waals surface area contributed by atoms with E-state index in [-0.39, 0.29) is 0 Å². The van der Waals surface area contributed by atoms with E-state index in [2.05, 4.69) is 5.10 Å². The van der Waals surface area contributed by atoms with E-state index >= 15 is 0 Å². The average Bonchev–Trinajstić information content (AvgIpc) is 2.47. The Bertz CT molecular complexity index is 257. The first kappa shape index (κ1) is 10.2. The summed E-state index contributed by atoms with van der Waals surface area (Å²) < 4.78 is 6.79. The summed E-state index contributed by atoms with van der Waals surface area (Å²) in [5.74, 6) is 0. The van der Waals surface area contributed by atoms with Crippen molar-refractivity contribution < 1.29 is 4.74 Å². The van der Waals surface area contributed by atoms with Gasteiger partial charge in [0.1, 0.15) is 0 Å². The number of nitrogens with two attached hydrogens (primary N) is 1. The van der Waals surface area contributed by atoms with Crippen LogP contribution >= 0.6 is 0 Å². The fourth-order valence-electron chi connectivity index (χ4n) is 1.35. The van der Waals surface area contributed by atoms with Crippen LogP contribution in [0.5, 0.6) is 0 Å². The van der Waals surface area contributed by atoms with Crippen molar-refractivity contribution in [2.24, 2.45) is 12.8 Å². The molecule has 2 N–H and O–H groups in total. The number of nitrogens with zero attached hydrogens (tertiary/aromatic N) is 2. The molecule has 0 aliphatic carbocycles. The molecule has 1 aromatic heterocycles. The van der Waals surface area contributed by atoms with E-state index in [9.17, 15) is 0 Å². The van der Waals surface area contributed by atoms with Crippen molar-refractivity contribution in [2.45, 2.75) is 19.4 Å². The Labute approximate surface area is 78.7 Å². The number of rotatable bonds is 5. The summed E-state index contributed by atoms with van der Waals surface area (Å²) in [6, 6.07) is 0. The van der Waals surface area contributed by atoms with Crippen molar-refractivity contribution in [3.63, 3.8) is 0 Å². The molecule has 0 aliphatic heterocycles. The van der Waals surface area contributed by atoms with Crippen LogP contribution in [0.15, 0.2) is 6.20 Å². The zero-order chi connectivity index (χ0) is 9.68. The van der Waals surface area contributed by atoms with E-state index in [1.165, 1.54) is 0 Å². The normalized spacial score (nSPS) is 10.7. The first-order valence-corrected chi connectivity index (χ1v) is 4.48. The van der Waals surface area contributed by atoms with E-state index < -0.39 is 0 Å². The SMILES string of the molecule is COCCCc1nn(C)cc1CN. The Balaban J connectivity index is 2.53. The third-order valence-electron chi connectivity index (χ3n) is 1.97. The highest BCUT2D eigenvalue weighted by Crippen LogP contribution is 2.07. The van der Waals surface area contributed by atoms with E-state index in [0.717, 1.165) is 30.7 Å². The van der Waals surface area contributed by atoms with Crippen LogP contribution in [0.25, 0.3) is 0 Å².